The molecule has 5 nitrogen and oxygen atoms in total. The predicted molar refractivity (Wildman–Crippen MR) is 90.6 cm³/mol. The molecule has 2 aromatic rings. The van der Waals surface area contributed by atoms with Crippen LogP contribution in [0.3, 0.4) is 0 Å². The summed E-state index contributed by atoms with van der Waals surface area (Å²) < 4.78 is 104. The van der Waals surface area contributed by atoms with Gasteiger partial charge in [0.15, 0.2) is 0 Å². The number of fused-ring (bicyclic) bond motifs is 1. The number of rotatable bonds is 4. The van der Waals surface area contributed by atoms with E-state index in [0.29, 0.717) is 22.5 Å². The highest BCUT2D eigenvalue weighted by atomic mass is 32.2. The fourth-order valence-corrected chi connectivity index (χ4v) is 5.10. The zero-order valence-corrected chi connectivity index (χ0v) is 15.6. The largest absolute Gasteiger partial charge is 0.481 e. The summed E-state index contributed by atoms with van der Waals surface area (Å²) in [6.45, 7) is -0.639. The Balaban J connectivity index is 2.08. The minimum absolute atomic E-state index is 0.0901. The van der Waals surface area contributed by atoms with Crippen LogP contribution >= 0.6 is 0 Å². The van der Waals surface area contributed by atoms with E-state index in [1.807, 2.05) is 0 Å². The molecule has 1 heterocycles. The van der Waals surface area contributed by atoms with Gasteiger partial charge in [0, 0.05) is 6.54 Å². The Morgan fingerprint density at radius 2 is 1.57 bits per heavy atom. The third kappa shape index (κ3) is 4.15. The van der Waals surface area contributed by atoms with Crippen molar-refractivity contribution in [2.45, 2.75) is 36.3 Å². The van der Waals surface area contributed by atoms with E-state index in [9.17, 15) is 39.6 Å². The van der Waals surface area contributed by atoms with Gasteiger partial charge in [-0.15, -0.1) is 0 Å². The van der Waals surface area contributed by atoms with Gasteiger partial charge in [0.05, 0.1) is 28.5 Å². The van der Waals surface area contributed by atoms with Crippen LogP contribution in [0.15, 0.2) is 47.4 Å². The van der Waals surface area contributed by atoms with Crippen molar-refractivity contribution in [3.05, 3.63) is 64.7 Å². The minimum Gasteiger partial charge on any atom is -0.481 e. The molecule has 162 valence electrons. The van der Waals surface area contributed by atoms with Gasteiger partial charge in [0.2, 0.25) is 10.0 Å². The molecule has 0 bridgehead atoms. The van der Waals surface area contributed by atoms with E-state index in [4.69, 9.17) is 5.11 Å². The summed E-state index contributed by atoms with van der Waals surface area (Å²) in [4.78, 5) is 10.7. The molecule has 1 aliphatic heterocycles. The molecule has 0 radical (unpaired) electrons. The maximum atomic E-state index is 13.1. The molecular formula is C18H13F6NO4S. The number of hydrogen-bond donors (Lipinski definition) is 1. The first-order chi connectivity index (χ1) is 13.7. The standard InChI is InChI=1S/C18H13F6NO4S/c19-17(20,21)11-3-1-2-10(6-11)9-25-14(8-16(26)27)13-7-12(18(22,23)24)4-5-15(13)30(25,28)29/h1-7,14H,8-9H2,(H,26,27)/t14-/m0/s1. The van der Waals surface area contributed by atoms with E-state index in [2.05, 4.69) is 0 Å². The lowest BCUT2D eigenvalue weighted by atomic mass is 10.0. The molecular weight excluding hydrogens is 440 g/mol. The van der Waals surface area contributed by atoms with Crippen molar-refractivity contribution in [2.75, 3.05) is 0 Å². The van der Waals surface area contributed by atoms with E-state index in [0.717, 1.165) is 18.2 Å². The molecule has 0 aliphatic carbocycles. The number of aliphatic carboxylic acids is 1. The molecule has 30 heavy (non-hydrogen) atoms. The quantitative estimate of drug-likeness (QED) is 0.695. The van der Waals surface area contributed by atoms with Crippen LogP contribution in [0.5, 0.6) is 0 Å². The number of halogens is 6. The Kier molecular flexibility index (Phi) is 5.35. The Labute approximate surface area is 166 Å². The highest BCUT2D eigenvalue weighted by Crippen LogP contribution is 2.45. The average Bonchev–Trinajstić information content (AvgIpc) is 2.81. The zero-order chi connectivity index (χ0) is 22.5. The zero-order valence-electron chi connectivity index (χ0n) is 14.8. The number of carbonyl (C=O) groups is 1. The summed E-state index contributed by atoms with van der Waals surface area (Å²) in [6.07, 6.45) is -10.3. The Morgan fingerprint density at radius 1 is 0.967 bits per heavy atom. The van der Waals surface area contributed by atoms with Crippen LogP contribution < -0.4 is 0 Å². The average molecular weight is 453 g/mol. The van der Waals surface area contributed by atoms with Crippen molar-refractivity contribution in [2.24, 2.45) is 0 Å². The van der Waals surface area contributed by atoms with Crippen LogP contribution in [-0.4, -0.2) is 23.8 Å². The van der Waals surface area contributed by atoms with Gasteiger partial charge in [-0.2, -0.15) is 30.6 Å². The summed E-state index contributed by atoms with van der Waals surface area (Å²) >= 11 is 0. The minimum atomic E-state index is -4.79. The molecule has 0 amide bonds. The highest BCUT2D eigenvalue weighted by Gasteiger charge is 2.45. The summed E-state index contributed by atoms with van der Waals surface area (Å²) in [5.41, 5.74) is -2.65. The van der Waals surface area contributed by atoms with Gasteiger partial charge in [0.25, 0.3) is 0 Å². The van der Waals surface area contributed by atoms with Gasteiger partial charge in [0.1, 0.15) is 0 Å². The molecule has 12 heteroatoms. The summed E-state index contributed by atoms with van der Waals surface area (Å²) in [5.74, 6) is -1.48. The lowest BCUT2D eigenvalue weighted by Gasteiger charge is -2.23. The van der Waals surface area contributed by atoms with Crippen molar-refractivity contribution in [1.82, 2.24) is 4.31 Å². The molecule has 1 N–H and O–H groups in total. The lowest BCUT2D eigenvalue weighted by molar-refractivity contribution is -0.138. The second kappa shape index (κ2) is 7.27. The molecule has 0 saturated heterocycles. The van der Waals surface area contributed by atoms with E-state index in [1.165, 1.54) is 6.07 Å². The van der Waals surface area contributed by atoms with Crippen LogP contribution in [-0.2, 0) is 33.7 Å². The SMILES string of the molecule is O=C(O)C[C@H]1c2cc(C(F)(F)F)ccc2S(=O)(=O)N1Cc1cccc(C(F)(F)F)c1. The Bertz CT molecular complexity index is 1090. The molecule has 0 unspecified atom stereocenters. The van der Waals surface area contributed by atoms with Crippen LogP contribution in [0.2, 0.25) is 0 Å². The molecule has 2 aromatic carbocycles. The number of sulfonamides is 1. The van der Waals surface area contributed by atoms with E-state index in [1.54, 1.807) is 0 Å². The molecule has 0 fully saturated rings. The van der Waals surface area contributed by atoms with Gasteiger partial charge in [-0.05, 0) is 35.4 Å². The van der Waals surface area contributed by atoms with E-state index >= 15 is 0 Å². The van der Waals surface area contributed by atoms with Gasteiger partial charge in [-0.1, -0.05) is 18.2 Å². The van der Waals surface area contributed by atoms with E-state index in [-0.39, 0.29) is 11.1 Å². The van der Waals surface area contributed by atoms with Gasteiger partial charge in [-0.25, -0.2) is 8.42 Å². The van der Waals surface area contributed by atoms with Gasteiger partial charge in [-0.3, -0.25) is 4.79 Å². The lowest BCUT2D eigenvalue weighted by Crippen LogP contribution is -2.29. The summed E-state index contributed by atoms with van der Waals surface area (Å²) in [6, 6.07) is 4.11. The Hall–Kier alpha value is -2.60. The number of alkyl halides is 6. The summed E-state index contributed by atoms with van der Waals surface area (Å²) in [7, 11) is -4.43. The fourth-order valence-electron chi connectivity index (χ4n) is 3.27. The number of carboxylic acid groups (broad SMARTS) is 1. The van der Waals surface area contributed by atoms with Crippen LogP contribution in [0.4, 0.5) is 26.3 Å². The van der Waals surface area contributed by atoms with Gasteiger partial charge < -0.3 is 5.11 Å². The summed E-state index contributed by atoms with van der Waals surface area (Å²) in [5, 5.41) is 9.14. The molecule has 1 atom stereocenters. The number of hydrogen-bond acceptors (Lipinski definition) is 3. The number of nitrogens with zero attached hydrogens (tertiary/aromatic N) is 1. The second-order valence-corrected chi connectivity index (χ2v) is 8.47. The first kappa shape index (κ1) is 22.1. The maximum absolute atomic E-state index is 13.1. The van der Waals surface area contributed by atoms with Gasteiger partial charge >= 0.3 is 18.3 Å². The first-order valence-corrected chi connectivity index (χ1v) is 9.76. The van der Waals surface area contributed by atoms with Crippen LogP contribution in [0.25, 0.3) is 0 Å². The molecule has 0 saturated carbocycles. The third-order valence-corrected chi connectivity index (χ3v) is 6.52. The third-order valence-electron chi connectivity index (χ3n) is 4.59. The molecule has 3 rings (SSSR count). The van der Waals surface area contributed by atoms with Crippen molar-refractivity contribution < 1.29 is 44.7 Å². The van der Waals surface area contributed by atoms with Crippen LogP contribution in [0.1, 0.15) is 34.7 Å². The van der Waals surface area contributed by atoms with Crippen molar-refractivity contribution in [1.29, 1.82) is 0 Å². The number of carboxylic acids is 1. The maximum Gasteiger partial charge on any atom is 0.416 e. The second-order valence-electron chi connectivity index (χ2n) is 6.61. The predicted octanol–water partition coefficient (Wildman–Crippen LogP) is 4.44. The van der Waals surface area contributed by atoms with Crippen molar-refractivity contribution in [3.8, 4) is 0 Å². The van der Waals surface area contributed by atoms with Crippen LogP contribution in [0, 0.1) is 0 Å². The highest BCUT2D eigenvalue weighted by molar-refractivity contribution is 7.89. The first-order valence-electron chi connectivity index (χ1n) is 8.32. The number of benzene rings is 2. The van der Waals surface area contributed by atoms with Crippen molar-refractivity contribution >= 4 is 16.0 Å². The fraction of sp³-hybridized carbons (Fsp3) is 0.278. The monoisotopic (exact) mass is 453 g/mol. The van der Waals surface area contributed by atoms with Crippen molar-refractivity contribution in [3.63, 3.8) is 0 Å². The Morgan fingerprint density at radius 3 is 2.13 bits per heavy atom. The smallest absolute Gasteiger partial charge is 0.416 e. The molecule has 0 spiro atoms. The normalized spacial score (nSPS) is 18.9. The molecule has 0 aromatic heterocycles. The topological polar surface area (TPSA) is 74.7 Å². The molecule has 1 aliphatic rings. The van der Waals surface area contributed by atoms with E-state index < -0.39 is 63.4 Å².